The van der Waals surface area contributed by atoms with Gasteiger partial charge in [0.15, 0.2) is 5.43 Å². The summed E-state index contributed by atoms with van der Waals surface area (Å²) in [6, 6.07) is 12.0. The van der Waals surface area contributed by atoms with Crippen LogP contribution in [0, 0.1) is 0 Å². The van der Waals surface area contributed by atoms with Crippen molar-refractivity contribution in [2.24, 2.45) is 0 Å². The molecular formula is C28H31ClN2O5. The number of ether oxygens (including phenoxy) is 2. The van der Waals surface area contributed by atoms with Crippen molar-refractivity contribution in [3.8, 4) is 5.75 Å². The smallest absolute Gasteiger partial charge is 0.290 e. The lowest BCUT2D eigenvalue weighted by molar-refractivity contribution is 0.0314. The largest absolute Gasteiger partial charge is 0.494 e. The standard InChI is InChI=1S/C28H31ClN2O5/c1-2-3-4-14-35-21-7-5-6-19(17-21)25-24-26(32)22-18-20(29)8-9-23(22)36-27(24)28(33)31(25)11-10-30-12-15-34-16-13-30/h5-9,17-18,25H,2-4,10-16H2,1H3. The van der Waals surface area contributed by atoms with Gasteiger partial charge in [-0.15, -0.1) is 0 Å². The first kappa shape index (κ1) is 24.8. The fraction of sp³-hybridized carbons (Fsp3) is 0.429. The number of unbranched alkanes of at least 4 members (excludes halogenated alkanes) is 2. The Kier molecular flexibility index (Phi) is 7.60. The minimum Gasteiger partial charge on any atom is -0.494 e. The van der Waals surface area contributed by atoms with Crippen LogP contribution in [-0.2, 0) is 4.74 Å². The van der Waals surface area contributed by atoms with E-state index in [1.165, 1.54) is 0 Å². The van der Waals surface area contributed by atoms with Crippen LogP contribution >= 0.6 is 11.6 Å². The first-order valence-corrected chi connectivity index (χ1v) is 13.0. The van der Waals surface area contributed by atoms with Crippen molar-refractivity contribution in [1.29, 1.82) is 0 Å². The van der Waals surface area contributed by atoms with Crippen LogP contribution in [0.5, 0.6) is 5.75 Å². The fourth-order valence-electron chi connectivity index (χ4n) is 4.96. The van der Waals surface area contributed by atoms with Crippen LogP contribution in [0.4, 0.5) is 0 Å². The lowest BCUT2D eigenvalue weighted by Crippen LogP contribution is -2.42. The minimum absolute atomic E-state index is 0.107. The zero-order valence-electron chi connectivity index (χ0n) is 20.5. The van der Waals surface area contributed by atoms with Crippen molar-refractivity contribution in [1.82, 2.24) is 9.80 Å². The minimum atomic E-state index is -0.563. The zero-order valence-corrected chi connectivity index (χ0v) is 21.3. The van der Waals surface area contributed by atoms with Crippen LogP contribution in [0.25, 0.3) is 11.0 Å². The fourth-order valence-corrected chi connectivity index (χ4v) is 5.13. The molecule has 0 spiro atoms. The first-order valence-electron chi connectivity index (χ1n) is 12.7. The van der Waals surface area contributed by atoms with Gasteiger partial charge in [0, 0.05) is 31.2 Å². The van der Waals surface area contributed by atoms with Gasteiger partial charge in [0.05, 0.1) is 36.8 Å². The van der Waals surface area contributed by atoms with Crippen LogP contribution in [0.15, 0.2) is 51.7 Å². The van der Waals surface area contributed by atoms with E-state index in [4.69, 9.17) is 25.5 Å². The topological polar surface area (TPSA) is 72.2 Å². The number of halogens is 1. The highest BCUT2D eigenvalue weighted by atomic mass is 35.5. The summed E-state index contributed by atoms with van der Waals surface area (Å²) in [6.45, 7) is 6.94. The van der Waals surface area contributed by atoms with Gasteiger partial charge in [0.2, 0.25) is 5.76 Å². The van der Waals surface area contributed by atoms with Crippen LogP contribution in [-0.4, -0.2) is 61.7 Å². The van der Waals surface area contributed by atoms with Gasteiger partial charge >= 0.3 is 0 Å². The maximum atomic E-state index is 13.7. The molecule has 1 amide bonds. The molecule has 3 aromatic rings. The molecule has 1 unspecified atom stereocenters. The predicted molar refractivity (Wildman–Crippen MR) is 139 cm³/mol. The summed E-state index contributed by atoms with van der Waals surface area (Å²) in [5.41, 5.74) is 1.32. The molecule has 7 nitrogen and oxygen atoms in total. The highest BCUT2D eigenvalue weighted by Crippen LogP contribution is 2.39. The molecule has 0 N–H and O–H groups in total. The van der Waals surface area contributed by atoms with E-state index in [-0.39, 0.29) is 17.1 Å². The number of fused-ring (bicyclic) bond motifs is 2. The lowest BCUT2D eigenvalue weighted by atomic mass is 9.98. The van der Waals surface area contributed by atoms with E-state index < -0.39 is 6.04 Å². The van der Waals surface area contributed by atoms with Crippen molar-refractivity contribution in [2.75, 3.05) is 46.0 Å². The molecule has 0 bridgehead atoms. The van der Waals surface area contributed by atoms with E-state index in [9.17, 15) is 9.59 Å². The first-order chi connectivity index (χ1) is 17.6. The second kappa shape index (κ2) is 11.0. The Labute approximate surface area is 215 Å². The van der Waals surface area contributed by atoms with Crippen LogP contribution < -0.4 is 10.2 Å². The van der Waals surface area contributed by atoms with Crippen LogP contribution in [0.1, 0.15) is 53.9 Å². The molecule has 0 aliphatic carbocycles. The Balaban J connectivity index is 1.53. The average molecular weight is 511 g/mol. The molecule has 2 aliphatic rings. The normalized spacial score (nSPS) is 18.1. The van der Waals surface area contributed by atoms with Gasteiger partial charge in [0.25, 0.3) is 5.91 Å². The summed E-state index contributed by atoms with van der Waals surface area (Å²) in [5.74, 6) is 0.563. The Morgan fingerprint density at radius 2 is 1.89 bits per heavy atom. The number of benzene rings is 2. The number of hydrogen-bond acceptors (Lipinski definition) is 6. The monoisotopic (exact) mass is 510 g/mol. The van der Waals surface area contributed by atoms with E-state index in [0.717, 1.165) is 43.7 Å². The van der Waals surface area contributed by atoms with E-state index in [2.05, 4.69) is 11.8 Å². The highest BCUT2D eigenvalue weighted by molar-refractivity contribution is 6.31. The number of morpholine rings is 1. The molecule has 0 radical (unpaired) electrons. The highest BCUT2D eigenvalue weighted by Gasteiger charge is 2.42. The number of nitrogens with zero attached hydrogens (tertiary/aromatic N) is 2. The van der Waals surface area contributed by atoms with Crippen LogP contribution in [0.3, 0.4) is 0 Å². The van der Waals surface area contributed by atoms with Crippen molar-refractivity contribution >= 4 is 28.5 Å². The third-order valence-electron chi connectivity index (χ3n) is 6.88. The van der Waals surface area contributed by atoms with Crippen molar-refractivity contribution in [3.63, 3.8) is 0 Å². The number of rotatable bonds is 9. The average Bonchev–Trinajstić information content (AvgIpc) is 3.18. The summed E-state index contributed by atoms with van der Waals surface area (Å²) >= 11 is 6.19. The summed E-state index contributed by atoms with van der Waals surface area (Å²) in [5, 5.41) is 0.823. The quantitative estimate of drug-likeness (QED) is 0.381. The van der Waals surface area contributed by atoms with Gasteiger partial charge in [-0.25, -0.2) is 0 Å². The molecule has 1 aromatic heterocycles. The molecule has 5 rings (SSSR count). The van der Waals surface area contributed by atoms with Gasteiger partial charge in [-0.05, 0) is 42.3 Å². The molecule has 2 aliphatic heterocycles. The summed E-state index contributed by atoms with van der Waals surface area (Å²) in [7, 11) is 0. The second-order valence-corrected chi connectivity index (χ2v) is 9.73. The summed E-state index contributed by atoms with van der Waals surface area (Å²) < 4.78 is 17.5. The molecule has 2 aromatic carbocycles. The SMILES string of the molecule is CCCCCOc1cccc(C2c3c(oc4ccc(Cl)cc4c3=O)C(=O)N2CCN2CCOCC2)c1. The van der Waals surface area contributed by atoms with E-state index in [1.54, 1.807) is 23.1 Å². The van der Waals surface area contributed by atoms with Gasteiger partial charge in [0.1, 0.15) is 11.3 Å². The number of amides is 1. The Morgan fingerprint density at radius 1 is 1.06 bits per heavy atom. The second-order valence-electron chi connectivity index (χ2n) is 9.30. The maximum Gasteiger partial charge on any atom is 0.290 e. The van der Waals surface area contributed by atoms with Gasteiger partial charge in [-0.3, -0.25) is 14.5 Å². The van der Waals surface area contributed by atoms with E-state index in [1.807, 2.05) is 24.3 Å². The molecule has 3 heterocycles. The summed E-state index contributed by atoms with van der Waals surface area (Å²) in [4.78, 5) is 31.4. The van der Waals surface area contributed by atoms with Crippen LogP contribution in [0.2, 0.25) is 5.02 Å². The van der Waals surface area contributed by atoms with Gasteiger partial charge in [-0.1, -0.05) is 43.5 Å². The molecule has 36 heavy (non-hydrogen) atoms. The summed E-state index contributed by atoms with van der Waals surface area (Å²) in [6.07, 6.45) is 3.21. The molecular weight excluding hydrogens is 480 g/mol. The van der Waals surface area contributed by atoms with Crippen molar-refractivity contribution in [2.45, 2.75) is 32.2 Å². The molecule has 1 atom stereocenters. The molecule has 1 fully saturated rings. The van der Waals surface area contributed by atoms with Gasteiger partial charge < -0.3 is 18.8 Å². The van der Waals surface area contributed by atoms with Crippen molar-refractivity contribution in [3.05, 3.63) is 74.6 Å². The Hall–Kier alpha value is -2.87. The number of carbonyl (C=O) groups excluding carboxylic acids is 1. The molecule has 0 saturated carbocycles. The van der Waals surface area contributed by atoms with Crippen molar-refractivity contribution < 1.29 is 18.7 Å². The third kappa shape index (κ3) is 5.01. The van der Waals surface area contributed by atoms with E-state index in [0.29, 0.717) is 54.5 Å². The molecule has 190 valence electrons. The maximum absolute atomic E-state index is 13.7. The zero-order chi connectivity index (χ0) is 25.1. The third-order valence-corrected chi connectivity index (χ3v) is 7.11. The Bertz CT molecular complexity index is 1300. The molecule has 8 heteroatoms. The Morgan fingerprint density at radius 3 is 2.69 bits per heavy atom. The van der Waals surface area contributed by atoms with Gasteiger partial charge in [-0.2, -0.15) is 0 Å². The predicted octanol–water partition coefficient (Wildman–Crippen LogP) is 4.89. The van der Waals surface area contributed by atoms with E-state index >= 15 is 0 Å². The number of hydrogen-bond donors (Lipinski definition) is 0. The number of carbonyl (C=O) groups is 1. The molecule has 1 saturated heterocycles. The lowest BCUT2D eigenvalue weighted by Gasteiger charge is -2.31.